The van der Waals surface area contributed by atoms with Crippen LogP contribution in [0.2, 0.25) is 4.34 Å². The summed E-state index contributed by atoms with van der Waals surface area (Å²) in [6.45, 7) is 2.94. The molecule has 0 saturated heterocycles. The van der Waals surface area contributed by atoms with Gasteiger partial charge in [-0.1, -0.05) is 11.6 Å². The molecule has 0 bridgehead atoms. The number of anilines is 1. The normalized spacial score (nSPS) is 11.0. The second-order valence-corrected chi connectivity index (χ2v) is 4.35. The molecule has 1 N–H and O–H groups in total. The first-order chi connectivity index (χ1) is 6.26. The fourth-order valence-corrected chi connectivity index (χ4v) is 2.56. The van der Waals surface area contributed by atoms with E-state index >= 15 is 0 Å². The highest BCUT2D eigenvalue weighted by Gasteiger charge is 2.11. The van der Waals surface area contributed by atoms with Crippen molar-refractivity contribution in [1.29, 1.82) is 0 Å². The van der Waals surface area contributed by atoms with Crippen molar-refractivity contribution in [3.05, 3.63) is 10.4 Å². The van der Waals surface area contributed by atoms with Crippen molar-refractivity contribution in [2.45, 2.75) is 13.5 Å². The molecule has 2 aromatic rings. The van der Waals surface area contributed by atoms with Gasteiger partial charge in [0.2, 0.25) is 0 Å². The maximum absolute atomic E-state index is 5.93. The van der Waals surface area contributed by atoms with Crippen molar-refractivity contribution in [2.75, 3.05) is 12.4 Å². The van der Waals surface area contributed by atoms with Crippen molar-refractivity contribution in [1.82, 2.24) is 9.78 Å². The van der Waals surface area contributed by atoms with Gasteiger partial charge in [-0.3, -0.25) is 4.68 Å². The van der Waals surface area contributed by atoms with E-state index in [1.807, 2.05) is 17.8 Å². The predicted octanol–water partition coefficient (Wildman–Crippen LogP) is 2.81. The van der Waals surface area contributed by atoms with Crippen LogP contribution in [-0.2, 0) is 6.54 Å². The summed E-state index contributed by atoms with van der Waals surface area (Å²) in [6, 6.07) is 1.95. The average molecular weight is 216 g/mol. The largest absolute Gasteiger partial charge is 0.371 e. The van der Waals surface area contributed by atoms with Gasteiger partial charge in [-0.25, -0.2) is 0 Å². The first kappa shape index (κ1) is 8.84. The lowest BCUT2D eigenvalue weighted by molar-refractivity contribution is 0.690. The first-order valence-electron chi connectivity index (χ1n) is 4.10. The van der Waals surface area contributed by atoms with Gasteiger partial charge in [0.25, 0.3) is 0 Å². The second kappa shape index (κ2) is 3.20. The minimum absolute atomic E-state index is 0.811. The number of nitrogens with zero attached hydrogens (tertiary/aromatic N) is 2. The van der Waals surface area contributed by atoms with E-state index in [1.54, 1.807) is 11.3 Å². The van der Waals surface area contributed by atoms with Crippen LogP contribution in [0.15, 0.2) is 6.07 Å². The molecule has 3 nitrogen and oxygen atoms in total. The minimum Gasteiger partial charge on any atom is -0.371 e. The lowest BCUT2D eigenvalue weighted by Gasteiger charge is -1.94. The number of aryl methyl sites for hydroxylation is 1. The van der Waals surface area contributed by atoms with E-state index in [1.165, 1.54) is 0 Å². The third-order valence-electron chi connectivity index (χ3n) is 1.93. The Labute approximate surface area is 85.3 Å². The number of hydrogen-bond acceptors (Lipinski definition) is 3. The smallest absolute Gasteiger partial charge is 0.156 e. The molecule has 0 amide bonds. The molecule has 0 saturated carbocycles. The molecule has 0 radical (unpaired) electrons. The lowest BCUT2D eigenvalue weighted by atomic mass is 10.4. The van der Waals surface area contributed by atoms with Crippen LogP contribution < -0.4 is 5.32 Å². The van der Waals surface area contributed by atoms with Gasteiger partial charge in [0.15, 0.2) is 5.82 Å². The molecule has 0 spiro atoms. The number of aromatic nitrogens is 2. The molecule has 70 valence electrons. The Bertz CT molecular complexity index is 395. The molecule has 13 heavy (non-hydrogen) atoms. The van der Waals surface area contributed by atoms with Gasteiger partial charge in [-0.2, -0.15) is 5.10 Å². The molecule has 0 aliphatic carbocycles. The van der Waals surface area contributed by atoms with Crippen LogP contribution in [0.3, 0.4) is 0 Å². The van der Waals surface area contributed by atoms with Gasteiger partial charge in [0, 0.05) is 13.6 Å². The van der Waals surface area contributed by atoms with E-state index in [9.17, 15) is 0 Å². The molecule has 2 aromatic heterocycles. The van der Waals surface area contributed by atoms with Crippen molar-refractivity contribution >= 4 is 39.0 Å². The van der Waals surface area contributed by atoms with Gasteiger partial charge in [-0.05, 0) is 13.0 Å². The number of nitrogens with one attached hydrogen (secondary N) is 1. The third-order valence-corrected chi connectivity index (χ3v) is 3.21. The quantitative estimate of drug-likeness (QED) is 0.835. The molecular formula is C8H10ClN3S. The summed E-state index contributed by atoms with van der Waals surface area (Å²) in [7, 11) is 1.87. The molecule has 0 fully saturated rings. The fourth-order valence-electron chi connectivity index (χ4n) is 1.33. The molecule has 0 atom stereocenters. The molecule has 0 unspecified atom stereocenters. The van der Waals surface area contributed by atoms with E-state index in [0.29, 0.717) is 0 Å². The van der Waals surface area contributed by atoms with Crippen molar-refractivity contribution < 1.29 is 0 Å². The van der Waals surface area contributed by atoms with Gasteiger partial charge in [0.1, 0.15) is 4.83 Å². The van der Waals surface area contributed by atoms with E-state index in [2.05, 4.69) is 17.3 Å². The predicted molar refractivity (Wildman–Crippen MR) is 57.8 cm³/mol. The summed E-state index contributed by atoms with van der Waals surface area (Å²) in [5.41, 5.74) is 0. The van der Waals surface area contributed by atoms with Crippen LogP contribution in [0.25, 0.3) is 10.2 Å². The van der Waals surface area contributed by atoms with E-state index in [-0.39, 0.29) is 0 Å². The van der Waals surface area contributed by atoms with Crippen LogP contribution in [0.1, 0.15) is 6.92 Å². The molecule has 5 heteroatoms. The molecular weight excluding hydrogens is 206 g/mol. The van der Waals surface area contributed by atoms with Gasteiger partial charge >= 0.3 is 0 Å². The zero-order valence-electron chi connectivity index (χ0n) is 7.47. The first-order valence-corrected chi connectivity index (χ1v) is 5.29. The van der Waals surface area contributed by atoms with Crippen LogP contribution in [0.4, 0.5) is 5.82 Å². The maximum atomic E-state index is 5.93. The molecule has 0 aliphatic heterocycles. The number of fused-ring (bicyclic) bond motifs is 1. The summed E-state index contributed by atoms with van der Waals surface area (Å²) in [5.74, 6) is 0.903. The summed E-state index contributed by atoms with van der Waals surface area (Å²) in [5, 5.41) is 8.55. The summed E-state index contributed by atoms with van der Waals surface area (Å²) < 4.78 is 2.77. The third kappa shape index (κ3) is 1.30. The number of thiophene rings is 1. The van der Waals surface area contributed by atoms with Crippen molar-refractivity contribution in [3.63, 3.8) is 0 Å². The van der Waals surface area contributed by atoms with Gasteiger partial charge in [-0.15, -0.1) is 11.3 Å². The highest BCUT2D eigenvalue weighted by Crippen LogP contribution is 2.33. The maximum Gasteiger partial charge on any atom is 0.156 e. The minimum atomic E-state index is 0.811. The summed E-state index contributed by atoms with van der Waals surface area (Å²) >= 11 is 7.50. The fraction of sp³-hybridized carbons (Fsp3) is 0.375. The molecule has 0 aromatic carbocycles. The van der Waals surface area contributed by atoms with Crippen LogP contribution in [0.5, 0.6) is 0 Å². The topological polar surface area (TPSA) is 29.9 Å². The number of rotatable bonds is 2. The Balaban J connectivity index is 2.72. The monoisotopic (exact) mass is 215 g/mol. The molecule has 2 rings (SSSR count). The van der Waals surface area contributed by atoms with Crippen LogP contribution in [-0.4, -0.2) is 16.8 Å². The Morgan fingerprint density at radius 2 is 2.46 bits per heavy atom. The summed E-state index contributed by atoms with van der Waals surface area (Å²) in [4.78, 5) is 1.14. The Hall–Kier alpha value is -0.740. The number of halogens is 1. The second-order valence-electron chi connectivity index (χ2n) is 2.68. The van der Waals surface area contributed by atoms with E-state index in [0.717, 1.165) is 26.9 Å². The Kier molecular flexibility index (Phi) is 2.17. The van der Waals surface area contributed by atoms with Crippen molar-refractivity contribution in [3.8, 4) is 0 Å². The lowest BCUT2D eigenvalue weighted by Crippen LogP contribution is -1.96. The average Bonchev–Trinajstić information content (AvgIpc) is 2.61. The van der Waals surface area contributed by atoms with Crippen molar-refractivity contribution in [2.24, 2.45) is 0 Å². The molecule has 0 aliphatic rings. The highest BCUT2D eigenvalue weighted by atomic mass is 35.5. The Morgan fingerprint density at radius 3 is 3.08 bits per heavy atom. The van der Waals surface area contributed by atoms with E-state index < -0.39 is 0 Å². The van der Waals surface area contributed by atoms with E-state index in [4.69, 9.17) is 11.6 Å². The number of hydrogen-bond donors (Lipinski definition) is 1. The highest BCUT2D eigenvalue weighted by molar-refractivity contribution is 7.22. The standard InChI is InChI=1S/C8H10ClN3S/c1-3-12-8-5(4-6(9)13-8)7(10-2)11-12/h4H,3H2,1-2H3,(H,10,11). The van der Waals surface area contributed by atoms with Gasteiger partial charge < -0.3 is 5.32 Å². The SMILES string of the molecule is CCn1nc(NC)c2cc(Cl)sc21. The van der Waals surface area contributed by atoms with Crippen LogP contribution >= 0.6 is 22.9 Å². The molecule has 2 heterocycles. The van der Waals surface area contributed by atoms with Crippen LogP contribution in [0, 0.1) is 0 Å². The summed E-state index contributed by atoms with van der Waals surface area (Å²) in [6.07, 6.45) is 0. The zero-order valence-corrected chi connectivity index (χ0v) is 9.04. The Morgan fingerprint density at radius 1 is 1.69 bits per heavy atom. The van der Waals surface area contributed by atoms with Gasteiger partial charge in [0.05, 0.1) is 9.72 Å². The zero-order chi connectivity index (χ0) is 9.42.